The second-order valence-corrected chi connectivity index (χ2v) is 9.13. The minimum atomic E-state index is -0.610. The van der Waals surface area contributed by atoms with E-state index >= 15 is 0 Å². The second kappa shape index (κ2) is 10.8. The Morgan fingerprint density at radius 3 is 2.21 bits per heavy atom. The molecule has 0 bridgehead atoms. The maximum absolute atomic E-state index is 13.1. The quantitative estimate of drug-likeness (QED) is 0.226. The van der Waals surface area contributed by atoms with Gasteiger partial charge < -0.3 is 19.8 Å². The topological polar surface area (TPSA) is 108 Å². The highest BCUT2D eigenvalue weighted by Crippen LogP contribution is 2.35. The summed E-state index contributed by atoms with van der Waals surface area (Å²) < 4.78 is 5.17. The van der Waals surface area contributed by atoms with Gasteiger partial charge in [-0.2, -0.15) is 4.98 Å². The van der Waals surface area contributed by atoms with E-state index in [4.69, 9.17) is 27.6 Å². The lowest BCUT2D eigenvalue weighted by Gasteiger charge is -2.19. The molecule has 0 spiro atoms. The Morgan fingerprint density at radius 2 is 1.68 bits per heavy atom. The van der Waals surface area contributed by atoms with Gasteiger partial charge >= 0.3 is 0 Å². The van der Waals surface area contributed by atoms with Crippen molar-refractivity contribution in [2.45, 2.75) is 17.6 Å². The van der Waals surface area contributed by atoms with Crippen LogP contribution in [0, 0.1) is 0 Å². The fourth-order valence-corrected chi connectivity index (χ4v) is 4.34. The molecule has 0 fully saturated rings. The number of furan rings is 1. The van der Waals surface area contributed by atoms with Crippen LogP contribution in [-0.4, -0.2) is 26.7 Å². The molecule has 1 amide bonds. The van der Waals surface area contributed by atoms with Crippen molar-refractivity contribution in [1.29, 1.82) is 0 Å². The summed E-state index contributed by atoms with van der Waals surface area (Å²) in [6.45, 7) is 0.254. The summed E-state index contributed by atoms with van der Waals surface area (Å²) in [5.41, 5.74) is 1.05. The molecule has 3 N–H and O–H groups in total. The lowest BCUT2D eigenvalue weighted by atomic mass is 9.86. The molecule has 0 saturated carbocycles. The molecule has 2 heterocycles. The van der Waals surface area contributed by atoms with Crippen molar-refractivity contribution >= 4 is 40.9 Å². The Balaban J connectivity index is 1.57. The van der Waals surface area contributed by atoms with Crippen LogP contribution < -0.4 is 10.9 Å². The van der Waals surface area contributed by atoms with Gasteiger partial charge in [-0.15, -0.1) is 0 Å². The van der Waals surface area contributed by atoms with Crippen LogP contribution in [-0.2, 0) is 11.3 Å². The van der Waals surface area contributed by atoms with Crippen molar-refractivity contribution in [2.24, 2.45) is 0 Å². The number of benzene rings is 2. The second-order valence-electron chi connectivity index (χ2n) is 7.29. The van der Waals surface area contributed by atoms with Crippen molar-refractivity contribution in [2.75, 3.05) is 5.75 Å². The van der Waals surface area contributed by atoms with Gasteiger partial charge in [0, 0.05) is 16.0 Å². The molecular weight excluding hydrogens is 497 g/mol. The van der Waals surface area contributed by atoms with Crippen LogP contribution in [0.4, 0.5) is 0 Å². The van der Waals surface area contributed by atoms with Gasteiger partial charge in [0.2, 0.25) is 11.8 Å². The molecule has 4 rings (SSSR count). The average Bonchev–Trinajstić information content (AvgIpc) is 3.34. The van der Waals surface area contributed by atoms with Crippen LogP contribution in [0.25, 0.3) is 0 Å². The third-order valence-electron chi connectivity index (χ3n) is 4.99. The van der Waals surface area contributed by atoms with Crippen LogP contribution in [0.15, 0.2) is 81.3 Å². The van der Waals surface area contributed by atoms with Gasteiger partial charge in [-0.05, 0) is 47.5 Å². The Hall–Kier alpha value is -3.20. The Bertz CT molecular complexity index is 1280. The monoisotopic (exact) mass is 515 g/mol. The molecule has 0 saturated heterocycles. The highest BCUT2D eigenvalue weighted by atomic mass is 35.5. The van der Waals surface area contributed by atoms with Gasteiger partial charge in [0.25, 0.3) is 5.56 Å². The van der Waals surface area contributed by atoms with Crippen molar-refractivity contribution in [1.82, 2.24) is 15.3 Å². The van der Waals surface area contributed by atoms with E-state index in [1.165, 1.54) is 6.26 Å². The van der Waals surface area contributed by atoms with E-state index in [-0.39, 0.29) is 28.9 Å². The van der Waals surface area contributed by atoms with Gasteiger partial charge in [-0.1, -0.05) is 59.2 Å². The number of carbonyl (C=O) groups is 1. The third kappa shape index (κ3) is 5.83. The molecule has 10 heteroatoms. The van der Waals surface area contributed by atoms with Crippen molar-refractivity contribution in [3.05, 3.63) is 110 Å². The van der Waals surface area contributed by atoms with E-state index in [1.54, 1.807) is 60.7 Å². The summed E-state index contributed by atoms with van der Waals surface area (Å²) >= 11 is 13.1. The van der Waals surface area contributed by atoms with E-state index in [2.05, 4.69) is 15.3 Å². The van der Waals surface area contributed by atoms with Crippen molar-refractivity contribution in [3.8, 4) is 5.88 Å². The fraction of sp³-hybridized carbons (Fsp3) is 0.125. The summed E-state index contributed by atoms with van der Waals surface area (Å²) in [6.07, 6.45) is 1.52. The number of aromatic hydroxyl groups is 1. The summed E-state index contributed by atoms with van der Waals surface area (Å²) in [6, 6.07) is 17.5. The van der Waals surface area contributed by atoms with E-state index < -0.39 is 17.4 Å². The number of aromatic amines is 1. The van der Waals surface area contributed by atoms with Gasteiger partial charge in [0.1, 0.15) is 5.76 Å². The number of carbonyl (C=O) groups excluding carboxylic acids is 1. The normalized spacial score (nSPS) is 11.0. The maximum atomic E-state index is 13.1. The maximum Gasteiger partial charge on any atom is 0.259 e. The molecule has 2 aromatic carbocycles. The molecule has 0 aliphatic carbocycles. The number of nitrogens with zero attached hydrogens (tertiary/aromatic N) is 1. The zero-order chi connectivity index (χ0) is 24.1. The van der Waals surface area contributed by atoms with Gasteiger partial charge in [0.15, 0.2) is 5.16 Å². The summed E-state index contributed by atoms with van der Waals surface area (Å²) in [5.74, 6) is -0.672. The molecule has 0 atom stereocenters. The van der Waals surface area contributed by atoms with E-state index in [0.717, 1.165) is 22.9 Å². The number of aromatic nitrogens is 2. The molecule has 174 valence electrons. The number of hydrogen-bond donors (Lipinski definition) is 3. The molecule has 34 heavy (non-hydrogen) atoms. The predicted molar refractivity (Wildman–Crippen MR) is 132 cm³/mol. The van der Waals surface area contributed by atoms with Gasteiger partial charge in [-0.3, -0.25) is 9.59 Å². The largest absolute Gasteiger partial charge is 0.493 e. The zero-order valence-corrected chi connectivity index (χ0v) is 20.0. The molecule has 7 nitrogen and oxygen atoms in total. The molecule has 0 aliphatic heterocycles. The SMILES string of the molecule is O=C(CSc1nc(O)c(C(c2ccc(Cl)cc2)c2ccc(Cl)cc2)c(=O)[nH]1)NCc1ccco1. The number of amides is 1. The zero-order valence-electron chi connectivity index (χ0n) is 17.6. The first-order valence-corrected chi connectivity index (χ1v) is 11.9. The van der Waals surface area contributed by atoms with Crippen LogP contribution in [0.1, 0.15) is 28.4 Å². The number of rotatable bonds is 8. The minimum absolute atomic E-state index is 0.000231. The number of thioether (sulfide) groups is 1. The molecule has 0 unspecified atom stereocenters. The first-order chi connectivity index (χ1) is 16.4. The first kappa shape index (κ1) is 23.9. The van der Waals surface area contributed by atoms with Crippen LogP contribution in [0.2, 0.25) is 10.0 Å². The smallest absolute Gasteiger partial charge is 0.259 e. The van der Waals surface area contributed by atoms with E-state index in [9.17, 15) is 14.7 Å². The molecule has 4 aromatic rings. The number of hydrogen-bond acceptors (Lipinski definition) is 6. The van der Waals surface area contributed by atoms with E-state index in [0.29, 0.717) is 15.8 Å². The van der Waals surface area contributed by atoms with Crippen molar-refractivity contribution < 1.29 is 14.3 Å². The molecule has 2 aromatic heterocycles. The third-order valence-corrected chi connectivity index (χ3v) is 6.37. The van der Waals surface area contributed by atoms with Crippen LogP contribution >= 0.6 is 35.0 Å². The molecule has 0 radical (unpaired) electrons. The van der Waals surface area contributed by atoms with Gasteiger partial charge in [0.05, 0.1) is 24.1 Å². The Kier molecular flexibility index (Phi) is 7.62. The Morgan fingerprint density at radius 1 is 1.06 bits per heavy atom. The predicted octanol–water partition coefficient (Wildman–Crippen LogP) is 4.96. The molecule has 0 aliphatic rings. The molecular formula is C24H19Cl2N3O4S. The lowest BCUT2D eigenvalue weighted by Crippen LogP contribution is -2.25. The van der Waals surface area contributed by atoms with E-state index in [1.807, 2.05) is 0 Å². The standard InChI is InChI=1S/C24H19Cl2N3O4S/c25-16-7-3-14(4-8-16)20(15-5-9-17(26)10-6-15)21-22(31)28-24(29-23(21)32)34-13-19(30)27-12-18-2-1-11-33-18/h1-11,20H,12-13H2,(H,27,30)(H2,28,29,31,32). The van der Waals surface area contributed by atoms with Crippen LogP contribution in [0.5, 0.6) is 5.88 Å². The van der Waals surface area contributed by atoms with Crippen molar-refractivity contribution in [3.63, 3.8) is 0 Å². The first-order valence-electron chi connectivity index (χ1n) is 10.2. The minimum Gasteiger partial charge on any atom is -0.493 e. The highest BCUT2D eigenvalue weighted by Gasteiger charge is 2.25. The number of halogens is 2. The fourth-order valence-electron chi connectivity index (χ4n) is 3.40. The average molecular weight is 516 g/mol. The number of H-pyrrole nitrogens is 1. The Labute approximate surface area is 209 Å². The van der Waals surface area contributed by atoms with Crippen LogP contribution in [0.3, 0.4) is 0 Å². The number of nitrogens with one attached hydrogen (secondary N) is 2. The highest BCUT2D eigenvalue weighted by molar-refractivity contribution is 7.99. The summed E-state index contributed by atoms with van der Waals surface area (Å²) in [7, 11) is 0. The lowest BCUT2D eigenvalue weighted by molar-refractivity contribution is -0.118. The summed E-state index contributed by atoms with van der Waals surface area (Å²) in [5, 5.41) is 14.7. The van der Waals surface area contributed by atoms with Gasteiger partial charge in [-0.25, -0.2) is 0 Å². The summed E-state index contributed by atoms with van der Waals surface area (Å²) in [4.78, 5) is 32.0.